The van der Waals surface area contributed by atoms with Crippen LogP contribution in [0.2, 0.25) is 0 Å². The molecule has 0 amide bonds. The molecular weight excluding hydrogens is 200 g/mol. The molecule has 3 nitrogen and oxygen atoms in total. The zero-order chi connectivity index (χ0) is 11.4. The zero-order valence-corrected chi connectivity index (χ0v) is 9.60. The first-order valence-electron chi connectivity index (χ1n) is 5.47. The highest BCUT2D eigenvalue weighted by Gasteiger charge is 2.08. The van der Waals surface area contributed by atoms with Crippen molar-refractivity contribution in [3.05, 3.63) is 42.3 Å². The highest BCUT2D eigenvalue weighted by Crippen LogP contribution is 2.19. The third-order valence-corrected chi connectivity index (χ3v) is 2.57. The molecule has 0 aliphatic carbocycles. The van der Waals surface area contributed by atoms with Gasteiger partial charge in [0.25, 0.3) is 0 Å². The number of aromatic nitrogens is 1. The van der Waals surface area contributed by atoms with Gasteiger partial charge in [-0.2, -0.15) is 0 Å². The van der Waals surface area contributed by atoms with E-state index < -0.39 is 0 Å². The third kappa shape index (κ3) is 2.49. The van der Waals surface area contributed by atoms with Crippen LogP contribution >= 0.6 is 0 Å². The van der Waals surface area contributed by atoms with Gasteiger partial charge in [0.2, 0.25) is 5.89 Å². The molecule has 2 aromatic rings. The SMILES string of the molecule is CNC(C)Cc1cnc(-c2ccccc2)o1. The monoisotopic (exact) mass is 216 g/mol. The lowest BCUT2D eigenvalue weighted by Gasteiger charge is -2.05. The van der Waals surface area contributed by atoms with Crippen molar-refractivity contribution in [3.8, 4) is 11.5 Å². The largest absolute Gasteiger partial charge is 0.441 e. The van der Waals surface area contributed by atoms with Gasteiger partial charge in [-0.05, 0) is 26.1 Å². The number of nitrogens with zero attached hydrogens (tertiary/aromatic N) is 1. The number of nitrogens with one attached hydrogen (secondary N) is 1. The van der Waals surface area contributed by atoms with Gasteiger partial charge in [-0.15, -0.1) is 0 Å². The standard InChI is InChI=1S/C13H16N2O/c1-10(14-2)8-12-9-15-13(16-12)11-6-4-3-5-7-11/h3-7,9-10,14H,8H2,1-2H3. The molecular formula is C13H16N2O. The van der Waals surface area contributed by atoms with E-state index in [2.05, 4.69) is 17.2 Å². The predicted molar refractivity (Wildman–Crippen MR) is 64.2 cm³/mol. The van der Waals surface area contributed by atoms with Crippen molar-refractivity contribution in [2.24, 2.45) is 0 Å². The van der Waals surface area contributed by atoms with Crippen molar-refractivity contribution in [2.45, 2.75) is 19.4 Å². The molecule has 0 saturated carbocycles. The van der Waals surface area contributed by atoms with Crippen molar-refractivity contribution < 1.29 is 4.42 Å². The van der Waals surface area contributed by atoms with E-state index in [0.29, 0.717) is 11.9 Å². The number of hydrogen-bond acceptors (Lipinski definition) is 3. The summed E-state index contributed by atoms with van der Waals surface area (Å²) in [5.74, 6) is 1.61. The number of rotatable bonds is 4. The smallest absolute Gasteiger partial charge is 0.226 e. The lowest BCUT2D eigenvalue weighted by atomic mass is 10.2. The molecule has 3 heteroatoms. The molecule has 0 aliphatic rings. The van der Waals surface area contributed by atoms with Crippen molar-refractivity contribution in [3.63, 3.8) is 0 Å². The summed E-state index contributed by atoms with van der Waals surface area (Å²) >= 11 is 0. The molecule has 0 saturated heterocycles. The molecule has 0 aliphatic heterocycles. The van der Waals surface area contributed by atoms with Crippen molar-refractivity contribution in [1.82, 2.24) is 10.3 Å². The van der Waals surface area contributed by atoms with Crippen LogP contribution < -0.4 is 5.32 Å². The number of benzene rings is 1. The minimum Gasteiger partial charge on any atom is -0.441 e. The molecule has 84 valence electrons. The molecule has 1 aromatic carbocycles. The van der Waals surface area contributed by atoms with Crippen molar-refractivity contribution in [2.75, 3.05) is 7.05 Å². The molecule has 1 unspecified atom stereocenters. The highest BCUT2D eigenvalue weighted by molar-refractivity contribution is 5.52. The molecule has 16 heavy (non-hydrogen) atoms. The van der Waals surface area contributed by atoms with Crippen LogP contribution in [-0.2, 0) is 6.42 Å². The lowest BCUT2D eigenvalue weighted by molar-refractivity contribution is 0.479. The summed E-state index contributed by atoms with van der Waals surface area (Å²) in [5, 5.41) is 3.17. The summed E-state index contributed by atoms with van der Waals surface area (Å²) in [4.78, 5) is 4.28. The quantitative estimate of drug-likeness (QED) is 0.853. The predicted octanol–water partition coefficient (Wildman–Crippen LogP) is 2.49. The van der Waals surface area contributed by atoms with Gasteiger partial charge in [0.15, 0.2) is 0 Å². The Labute approximate surface area is 95.5 Å². The van der Waals surface area contributed by atoms with Crippen molar-refractivity contribution in [1.29, 1.82) is 0 Å². The van der Waals surface area contributed by atoms with Crippen LogP contribution in [0.15, 0.2) is 40.9 Å². The van der Waals surface area contributed by atoms with Gasteiger partial charge in [-0.25, -0.2) is 4.98 Å². The van der Waals surface area contributed by atoms with E-state index >= 15 is 0 Å². The van der Waals surface area contributed by atoms with E-state index in [0.717, 1.165) is 17.7 Å². The Morgan fingerprint density at radius 3 is 2.75 bits per heavy atom. The highest BCUT2D eigenvalue weighted by atomic mass is 16.4. The summed E-state index contributed by atoms with van der Waals surface area (Å²) in [5.41, 5.74) is 1.02. The Morgan fingerprint density at radius 1 is 1.31 bits per heavy atom. The van der Waals surface area contributed by atoms with Crippen LogP contribution in [0.25, 0.3) is 11.5 Å². The molecule has 1 atom stereocenters. The number of oxazole rings is 1. The maximum Gasteiger partial charge on any atom is 0.226 e. The normalized spacial score (nSPS) is 12.6. The average Bonchev–Trinajstić information content (AvgIpc) is 2.78. The van der Waals surface area contributed by atoms with E-state index in [1.807, 2.05) is 37.4 Å². The van der Waals surface area contributed by atoms with Crippen LogP contribution in [0.3, 0.4) is 0 Å². The minimum atomic E-state index is 0.400. The molecule has 0 radical (unpaired) electrons. The van der Waals surface area contributed by atoms with Gasteiger partial charge in [0.05, 0.1) is 6.20 Å². The second kappa shape index (κ2) is 4.94. The maximum absolute atomic E-state index is 5.69. The summed E-state index contributed by atoms with van der Waals surface area (Å²) in [6.07, 6.45) is 2.66. The first-order valence-corrected chi connectivity index (χ1v) is 5.47. The van der Waals surface area contributed by atoms with E-state index in [-0.39, 0.29) is 0 Å². The molecule has 2 rings (SSSR count). The first-order chi connectivity index (χ1) is 7.79. The van der Waals surface area contributed by atoms with Gasteiger partial charge in [-0.3, -0.25) is 0 Å². The Morgan fingerprint density at radius 2 is 2.06 bits per heavy atom. The maximum atomic E-state index is 5.69. The fraction of sp³-hybridized carbons (Fsp3) is 0.308. The van der Waals surface area contributed by atoms with Gasteiger partial charge in [0.1, 0.15) is 5.76 Å². The fourth-order valence-corrected chi connectivity index (χ4v) is 1.52. The lowest BCUT2D eigenvalue weighted by Crippen LogP contribution is -2.23. The van der Waals surface area contributed by atoms with Crippen LogP contribution in [0.5, 0.6) is 0 Å². The average molecular weight is 216 g/mol. The molecule has 1 N–H and O–H groups in total. The first kappa shape index (κ1) is 10.9. The Bertz CT molecular complexity index is 436. The summed E-state index contributed by atoms with van der Waals surface area (Å²) in [6, 6.07) is 10.3. The van der Waals surface area contributed by atoms with E-state index in [9.17, 15) is 0 Å². The van der Waals surface area contributed by atoms with Crippen molar-refractivity contribution >= 4 is 0 Å². The summed E-state index contributed by atoms with van der Waals surface area (Å²) in [7, 11) is 1.94. The third-order valence-electron chi connectivity index (χ3n) is 2.57. The minimum absolute atomic E-state index is 0.400. The number of hydrogen-bond donors (Lipinski definition) is 1. The molecule has 1 heterocycles. The Hall–Kier alpha value is -1.61. The Kier molecular flexibility index (Phi) is 3.37. The second-order valence-electron chi connectivity index (χ2n) is 3.89. The summed E-state index contributed by atoms with van der Waals surface area (Å²) in [6.45, 7) is 2.12. The van der Waals surface area contributed by atoms with E-state index in [1.54, 1.807) is 6.20 Å². The molecule has 0 bridgehead atoms. The molecule has 0 fully saturated rings. The summed E-state index contributed by atoms with van der Waals surface area (Å²) < 4.78 is 5.69. The molecule has 0 spiro atoms. The molecule has 1 aromatic heterocycles. The fourth-order valence-electron chi connectivity index (χ4n) is 1.52. The van der Waals surface area contributed by atoms with Crippen LogP contribution in [-0.4, -0.2) is 18.1 Å². The van der Waals surface area contributed by atoms with E-state index in [4.69, 9.17) is 4.42 Å². The van der Waals surface area contributed by atoms with Crippen LogP contribution in [0, 0.1) is 0 Å². The Balaban J connectivity index is 2.14. The topological polar surface area (TPSA) is 38.1 Å². The second-order valence-corrected chi connectivity index (χ2v) is 3.89. The van der Waals surface area contributed by atoms with Gasteiger partial charge < -0.3 is 9.73 Å². The number of likely N-dealkylation sites (N-methyl/N-ethyl adjacent to an activating group) is 1. The zero-order valence-electron chi connectivity index (χ0n) is 9.60. The van der Waals surface area contributed by atoms with Gasteiger partial charge in [0, 0.05) is 18.0 Å². The van der Waals surface area contributed by atoms with E-state index in [1.165, 1.54) is 0 Å². The van der Waals surface area contributed by atoms with Crippen LogP contribution in [0.4, 0.5) is 0 Å². The van der Waals surface area contributed by atoms with Gasteiger partial charge in [-0.1, -0.05) is 18.2 Å². The van der Waals surface area contributed by atoms with Gasteiger partial charge >= 0.3 is 0 Å². The van der Waals surface area contributed by atoms with Crippen LogP contribution in [0.1, 0.15) is 12.7 Å².